The highest BCUT2D eigenvalue weighted by atomic mass is 16.2. The third kappa shape index (κ3) is 5.09. The van der Waals surface area contributed by atoms with Crippen molar-refractivity contribution in [2.24, 2.45) is 0 Å². The molecule has 2 N–H and O–H groups in total. The van der Waals surface area contributed by atoms with Gasteiger partial charge in [0.25, 0.3) is 0 Å². The van der Waals surface area contributed by atoms with Crippen LogP contribution in [-0.4, -0.2) is 12.6 Å². The van der Waals surface area contributed by atoms with E-state index >= 15 is 0 Å². The second-order valence-corrected chi connectivity index (χ2v) is 6.95. The molecule has 0 spiro atoms. The van der Waals surface area contributed by atoms with Crippen LogP contribution in [0.15, 0.2) is 36.4 Å². The average Bonchev–Trinajstić information content (AvgIpc) is 2.56. The van der Waals surface area contributed by atoms with Gasteiger partial charge in [0.15, 0.2) is 0 Å². The summed E-state index contributed by atoms with van der Waals surface area (Å²) in [5.41, 5.74) is 7.15. The normalized spacial score (nSPS) is 10.8. The molecular formula is C22H30N2O. The van der Waals surface area contributed by atoms with Gasteiger partial charge in [-0.2, -0.15) is 0 Å². The summed E-state index contributed by atoms with van der Waals surface area (Å²) in [4.78, 5) is 12.4. The van der Waals surface area contributed by atoms with Gasteiger partial charge in [-0.1, -0.05) is 62.7 Å². The average molecular weight is 338 g/mol. The van der Waals surface area contributed by atoms with Crippen molar-refractivity contribution >= 4 is 11.7 Å². The number of aryl methyl sites for hydroxylation is 3. The zero-order chi connectivity index (χ0) is 18.4. The number of para-hydroxylation sites is 1. The Kier molecular flexibility index (Phi) is 6.63. The molecule has 25 heavy (non-hydrogen) atoms. The molecule has 0 aliphatic carbocycles. The van der Waals surface area contributed by atoms with Gasteiger partial charge in [0.05, 0.1) is 0 Å². The first kappa shape index (κ1) is 19.0. The number of amides is 2. The molecule has 0 atom stereocenters. The Morgan fingerprint density at radius 3 is 2.48 bits per heavy atom. The summed E-state index contributed by atoms with van der Waals surface area (Å²) < 4.78 is 0. The van der Waals surface area contributed by atoms with Crippen LogP contribution in [0.4, 0.5) is 10.5 Å². The summed E-state index contributed by atoms with van der Waals surface area (Å²) in [6, 6.07) is 12.6. The van der Waals surface area contributed by atoms with Gasteiger partial charge in [-0.25, -0.2) is 4.79 Å². The number of carbonyl (C=O) groups excluding carboxylic acids is 1. The number of carbonyl (C=O) groups is 1. The molecule has 3 nitrogen and oxygen atoms in total. The van der Waals surface area contributed by atoms with Crippen molar-refractivity contribution in [3.05, 3.63) is 64.2 Å². The van der Waals surface area contributed by atoms with E-state index in [-0.39, 0.29) is 6.03 Å². The Morgan fingerprint density at radius 2 is 1.84 bits per heavy atom. The lowest BCUT2D eigenvalue weighted by atomic mass is 9.96. The van der Waals surface area contributed by atoms with Gasteiger partial charge in [0.1, 0.15) is 0 Å². The first-order valence-corrected chi connectivity index (χ1v) is 9.15. The number of urea groups is 1. The number of rotatable bonds is 6. The summed E-state index contributed by atoms with van der Waals surface area (Å²) in [6.45, 7) is 11.3. The lowest BCUT2D eigenvalue weighted by Gasteiger charge is -2.18. The van der Waals surface area contributed by atoms with Crippen molar-refractivity contribution in [3.8, 4) is 0 Å². The van der Waals surface area contributed by atoms with Gasteiger partial charge in [-0.3, -0.25) is 0 Å². The third-order valence-corrected chi connectivity index (χ3v) is 4.60. The van der Waals surface area contributed by atoms with E-state index in [4.69, 9.17) is 0 Å². The molecule has 0 heterocycles. The van der Waals surface area contributed by atoms with Gasteiger partial charge in [0.2, 0.25) is 0 Å². The molecule has 0 fully saturated rings. The second-order valence-electron chi connectivity index (χ2n) is 6.95. The molecule has 0 saturated heterocycles. The fraction of sp³-hybridized carbons (Fsp3) is 0.409. The maximum Gasteiger partial charge on any atom is 0.319 e. The second kappa shape index (κ2) is 8.70. The predicted octanol–water partition coefficient (Wildman–Crippen LogP) is 5.35. The highest BCUT2D eigenvalue weighted by Crippen LogP contribution is 2.28. The lowest BCUT2D eigenvalue weighted by Crippen LogP contribution is -2.31. The van der Waals surface area contributed by atoms with E-state index in [1.807, 2.05) is 0 Å². The van der Waals surface area contributed by atoms with Crippen LogP contribution in [0.25, 0.3) is 0 Å². The third-order valence-electron chi connectivity index (χ3n) is 4.60. The topological polar surface area (TPSA) is 41.1 Å². The van der Waals surface area contributed by atoms with E-state index in [2.05, 4.69) is 81.7 Å². The van der Waals surface area contributed by atoms with Gasteiger partial charge in [-0.05, 0) is 54.9 Å². The van der Waals surface area contributed by atoms with Gasteiger partial charge >= 0.3 is 6.03 Å². The fourth-order valence-electron chi connectivity index (χ4n) is 3.14. The van der Waals surface area contributed by atoms with E-state index in [1.165, 1.54) is 27.8 Å². The molecule has 0 aliphatic heterocycles. The SMILES string of the molecule is CCc1cccc(C(C)C)c1NC(=O)NCCc1ccc(C)cc1C. The first-order valence-electron chi connectivity index (χ1n) is 9.15. The lowest BCUT2D eigenvalue weighted by molar-refractivity contribution is 0.252. The maximum atomic E-state index is 12.4. The van der Waals surface area contributed by atoms with Crippen LogP contribution in [-0.2, 0) is 12.8 Å². The molecule has 3 heteroatoms. The van der Waals surface area contributed by atoms with Crippen molar-refractivity contribution in [3.63, 3.8) is 0 Å². The Balaban J connectivity index is 1.99. The van der Waals surface area contributed by atoms with Crippen LogP contribution < -0.4 is 10.6 Å². The number of nitrogens with one attached hydrogen (secondary N) is 2. The summed E-state index contributed by atoms with van der Waals surface area (Å²) in [5, 5.41) is 6.06. The Hall–Kier alpha value is -2.29. The molecule has 0 saturated carbocycles. The number of hydrogen-bond donors (Lipinski definition) is 2. The van der Waals surface area contributed by atoms with Crippen LogP contribution in [0.3, 0.4) is 0 Å². The minimum Gasteiger partial charge on any atom is -0.338 e. The number of benzene rings is 2. The van der Waals surface area contributed by atoms with Gasteiger partial charge < -0.3 is 10.6 Å². The smallest absolute Gasteiger partial charge is 0.319 e. The zero-order valence-corrected chi connectivity index (χ0v) is 16.1. The first-order chi connectivity index (χ1) is 11.9. The van der Waals surface area contributed by atoms with E-state index in [0.29, 0.717) is 12.5 Å². The molecule has 0 aromatic heterocycles. The summed E-state index contributed by atoms with van der Waals surface area (Å²) in [6.07, 6.45) is 1.74. The molecule has 0 unspecified atom stereocenters. The van der Waals surface area contributed by atoms with Crippen molar-refractivity contribution in [2.75, 3.05) is 11.9 Å². The summed E-state index contributed by atoms with van der Waals surface area (Å²) in [5.74, 6) is 0.372. The molecule has 0 aliphatic rings. The molecule has 0 radical (unpaired) electrons. The highest BCUT2D eigenvalue weighted by Gasteiger charge is 2.13. The van der Waals surface area contributed by atoms with Crippen LogP contribution in [0, 0.1) is 13.8 Å². The molecule has 2 aromatic rings. The monoisotopic (exact) mass is 338 g/mol. The quantitative estimate of drug-likeness (QED) is 0.732. The number of anilines is 1. The predicted molar refractivity (Wildman–Crippen MR) is 107 cm³/mol. The van der Waals surface area contributed by atoms with E-state index in [0.717, 1.165) is 18.5 Å². The van der Waals surface area contributed by atoms with Crippen molar-refractivity contribution in [2.45, 2.75) is 53.4 Å². The van der Waals surface area contributed by atoms with Crippen molar-refractivity contribution < 1.29 is 4.79 Å². The Morgan fingerprint density at radius 1 is 1.08 bits per heavy atom. The van der Waals surface area contributed by atoms with Crippen LogP contribution in [0.2, 0.25) is 0 Å². The summed E-state index contributed by atoms with van der Waals surface area (Å²) >= 11 is 0. The molecule has 2 aromatic carbocycles. The van der Waals surface area contributed by atoms with Crippen LogP contribution in [0.5, 0.6) is 0 Å². The molecule has 2 amide bonds. The maximum absolute atomic E-state index is 12.4. The molecular weight excluding hydrogens is 308 g/mol. The van der Waals surface area contributed by atoms with Gasteiger partial charge in [0, 0.05) is 12.2 Å². The van der Waals surface area contributed by atoms with Crippen molar-refractivity contribution in [1.82, 2.24) is 5.32 Å². The number of hydrogen-bond acceptors (Lipinski definition) is 1. The van der Waals surface area contributed by atoms with Crippen LogP contribution >= 0.6 is 0 Å². The van der Waals surface area contributed by atoms with E-state index in [9.17, 15) is 4.79 Å². The minimum absolute atomic E-state index is 0.132. The van der Waals surface area contributed by atoms with E-state index < -0.39 is 0 Å². The Bertz CT molecular complexity index is 735. The molecule has 134 valence electrons. The summed E-state index contributed by atoms with van der Waals surface area (Å²) in [7, 11) is 0. The van der Waals surface area contributed by atoms with E-state index in [1.54, 1.807) is 0 Å². The van der Waals surface area contributed by atoms with Crippen LogP contribution in [0.1, 0.15) is 54.5 Å². The molecule has 2 rings (SSSR count). The fourth-order valence-corrected chi connectivity index (χ4v) is 3.14. The standard InChI is InChI=1S/C22H30N2O/c1-6-18-8-7-9-20(15(2)3)21(18)24-22(25)23-13-12-19-11-10-16(4)14-17(19)5/h7-11,14-15H,6,12-13H2,1-5H3,(H2,23,24,25). The zero-order valence-electron chi connectivity index (χ0n) is 16.1. The minimum atomic E-state index is -0.132. The largest absolute Gasteiger partial charge is 0.338 e. The Labute approximate surface area is 151 Å². The molecule has 0 bridgehead atoms. The van der Waals surface area contributed by atoms with Crippen molar-refractivity contribution in [1.29, 1.82) is 0 Å². The highest BCUT2D eigenvalue weighted by molar-refractivity contribution is 5.91. The van der Waals surface area contributed by atoms with Gasteiger partial charge in [-0.15, -0.1) is 0 Å².